The van der Waals surface area contributed by atoms with Gasteiger partial charge in [0.15, 0.2) is 15.4 Å². The lowest BCUT2D eigenvalue weighted by atomic mass is 9.91. The molecule has 204 valence electrons. The second-order valence-corrected chi connectivity index (χ2v) is 11.9. The van der Waals surface area contributed by atoms with Crippen LogP contribution in [-0.4, -0.2) is 60.8 Å². The number of ether oxygens (including phenoxy) is 1. The number of nitrogens with one attached hydrogen (secondary N) is 1. The molecular formula is C28H34N2O7S. The number of sulfone groups is 1. The highest BCUT2D eigenvalue weighted by Gasteiger charge is 2.39. The predicted octanol–water partition coefficient (Wildman–Crippen LogP) is 3.46. The number of benzene rings is 2. The van der Waals surface area contributed by atoms with Gasteiger partial charge < -0.3 is 19.6 Å². The Kier molecular flexibility index (Phi) is 9.30. The number of para-hydroxylation sites is 2. The Morgan fingerprint density at radius 3 is 2.45 bits per heavy atom. The van der Waals surface area contributed by atoms with Crippen molar-refractivity contribution in [1.29, 1.82) is 0 Å². The Morgan fingerprint density at radius 1 is 1.08 bits per heavy atom. The molecule has 1 aliphatic rings. The van der Waals surface area contributed by atoms with Gasteiger partial charge in [-0.25, -0.2) is 13.4 Å². The lowest BCUT2D eigenvalue weighted by Crippen LogP contribution is -2.49. The van der Waals surface area contributed by atoms with Crippen LogP contribution in [0.5, 0.6) is 0 Å². The summed E-state index contributed by atoms with van der Waals surface area (Å²) in [6, 6.07) is 14.5. The van der Waals surface area contributed by atoms with Crippen molar-refractivity contribution in [3.63, 3.8) is 0 Å². The molecule has 9 nitrogen and oxygen atoms in total. The van der Waals surface area contributed by atoms with Crippen molar-refractivity contribution in [2.24, 2.45) is 5.92 Å². The molecule has 0 bridgehead atoms. The van der Waals surface area contributed by atoms with Crippen LogP contribution in [0.2, 0.25) is 0 Å². The van der Waals surface area contributed by atoms with Gasteiger partial charge in [0.25, 0.3) is 5.89 Å². The van der Waals surface area contributed by atoms with Crippen LogP contribution in [0.25, 0.3) is 11.1 Å². The van der Waals surface area contributed by atoms with E-state index in [9.17, 15) is 23.1 Å². The molecule has 1 aromatic heterocycles. The molecule has 1 saturated heterocycles. The minimum atomic E-state index is -4.03. The van der Waals surface area contributed by atoms with E-state index in [1.807, 2.05) is 6.92 Å². The van der Waals surface area contributed by atoms with Crippen molar-refractivity contribution in [2.45, 2.75) is 62.2 Å². The maximum absolute atomic E-state index is 13.6. The quantitative estimate of drug-likeness (QED) is 0.332. The largest absolute Gasteiger partial charge is 0.434 e. The van der Waals surface area contributed by atoms with Crippen LogP contribution in [0.3, 0.4) is 0 Å². The number of fused-ring (bicyclic) bond motifs is 1. The van der Waals surface area contributed by atoms with E-state index < -0.39 is 38.9 Å². The van der Waals surface area contributed by atoms with Crippen molar-refractivity contribution >= 4 is 32.6 Å². The van der Waals surface area contributed by atoms with Gasteiger partial charge in [-0.2, -0.15) is 0 Å². The van der Waals surface area contributed by atoms with E-state index in [1.54, 1.807) is 54.6 Å². The van der Waals surface area contributed by atoms with Crippen molar-refractivity contribution < 1.29 is 32.3 Å². The second-order valence-electron chi connectivity index (χ2n) is 9.74. The number of carbonyl (C=O) groups is 2. The lowest BCUT2D eigenvalue weighted by Gasteiger charge is -2.29. The number of nitrogens with zero attached hydrogens (tertiary/aromatic N) is 1. The number of aliphatic hydroxyl groups excluding tert-OH is 1. The molecule has 0 saturated carbocycles. The summed E-state index contributed by atoms with van der Waals surface area (Å²) in [6.07, 6.45) is 0.742. The van der Waals surface area contributed by atoms with Crippen LogP contribution in [0.15, 0.2) is 59.0 Å². The minimum Gasteiger partial charge on any atom is -0.434 e. The molecule has 3 aromatic rings. The maximum Gasteiger partial charge on any atom is 0.266 e. The molecule has 2 N–H and O–H groups in total. The molecule has 0 radical (unpaired) electrons. The first-order valence-electron chi connectivity index (χ1n) is 13.0. The number of hydrogen-bond acceptors (Lipinski definition) is 8. The average molecular weight is 543 g/mol. The zero-order chi connectivity index (χ0) is 27.1. The maximum atomic E-state index is 13.6. The Hall–Kier alpha value is -3.08. The number of amides is 1. The van der Waals surface area contributed by atoms with Gasteiger partial charge in [-0.15, -0.1) is 0 Å². The van der Waals surface area contributed by atoms with Gasteiger partial charge in [0.05, 0.1) is 17.9 Å². The van der Waals surface area contributed by atoms with E-state index in [2.05, 4.69) is 10.3 Å². The van der Waals surface area contributed by atoms with E-state index in [1.165, 1.54) is 0 Å². The summed E-state index contributed by atoms with van der Waals surface area (Å²) in [5.74, 6) is -2.01. The molecule has 4 rings (SSSR count). The summed E-state index contributed by atoms with van der Waals surface area (Å²) in [5, 5.41) is 12.1. The molecule has 0 spiro atoms. The Balaban J connectivity index is 1.57. The van der Waals surface area contributed by atoms with Gasteiger partial charge in [0.2, 0.25) is 11.7 Å². The fraction of sp³-hybridized carbons (Fsp3) is 0.464. The van der Waals surface area contributed by atoms with E-state index >= 15 is 0 Å². The number of aromatic nitrogens is 1. The fourth-order valence-corrected chi connectivity index (χ4v) is 6.53. The Bertz CT molecular complexity index is 1300. The van der Waals surface area contributed by atoms with Crippen LogP contribution >= 0.6 is 0 Å². The average Bonchev–Trinajstić information content (AvgIpc) is 3.36. The molecule has 1 aliphatic heterocycles. The number of hydrogen-bond donors (Lipinski definition) is 2. The molecule has 38 heavy (non-hydrogen) atoms. The summed E-state index contributed by atoms with van der Waals surface area (Å²) < 4.78 is 38.1. The van der Waals surface area contributed by atoms with E-state index in [-0.39, 0.29) is 30.4 Å². The van der Waals surface area contributed by atoms with E-state index in [0.717, 1.165) is 0 Å². The van der Waals surface area contributed by atoms with Crippen LogP contribution in [0.1, 0.15) is 55.3 Å². The summed E-state index contributed by atoms with van der Waals surface area (Å²) >= 11 is 0. The summed E-state index contributed by atoms with van der Waals surface area (Å²) in [5.41, 5.74) is 1.50. The number of Topliss-reactive ketones (excluding diaryl/α,β-unsaturated/α-hetero) is 1. The molecule has 1 fully saturated rings. The van der Waals surface area contributed by atoms with Gasteiger partial charge in [-0.05, 0) is 49.3 Å². The highest BCUT2D eigenvalue weighted by atomic mass is 32.2. The van der Waals surface area contributed by atoms with Gasteiger partial charge in [0.1, 0.15) is 10.8 Å². The monoisotopic (exact) mass is 542 g/mol. The summed E-state index contributed by atoms with van der Waals surface area (Å²) in [6.45, 7) is 2.82. The third-order valence-corrected chi connectivity index (χ3v) is 8.93. The predicted molar refractivity (Wildman–Crippen MR) is 142 cm³/mol. The molecule has 3 unspecified atom stereocenters. The fourth-order valence-electron chi connectivity index (χ4n) is 4.79. The number of ketones is 1. The number of rotatable bonds is 12. The Labute approximate surface area is 222 Å². The van der Waals surface area contributed by atoms with Gasteiger partial charge in [-0.1, -0.05) is 55.8 Å². The standard InChI is InChI=1S/C28H34N2O7S/c1-2-8-22(26(32)28-30-21-11-6-7-12-24(21)37-28)29-27(33)25(17-23(31)20-13-15-36-16-14-20)38(34,35)18-19-9-4-3-5-10-19/h3-7,9-12,20,22-23,25,31H,2,8,13-18H2,1H3,(H,29,33). The van der Waals surface area contributed by atoms with Crippen molar-refractivity contribution in [3.8, 4) is 0 Å². The minimum absolute atomic E-state index is 0.143. The highest BCUT2D eigenvalue weighted by molar-refractivity contribution is 7.92. The van der Waals surface area contributed by atoms with Gasteiger partial charge in [-0.3, -0.25) is 9.59 Å². The number of oxazole rings is 1. The third kappa shape index (κ3) is 6.86. The van der Waals surface area contributed by atoms with Crippen LogP contribution in [0.4, 0.5) is 0 Å². The SMILES string of the molecule is CCCC(NC(=O)C(CC(O)C1CCOCC1)S(=O)(=O)Cc1ccccc1)C(=O)c1nc2ccccc2o1. The van der Waals surface area contributed by atoms with Gasteiger partial charge >= 0.3 is 0 Å². The van der Waals surface area contributed by atoms with E-state index in [4.69, 9.17) is 9.15 Å². The third-order valence-electron chi connectivity index (χ3n) is 6.92. The summed E-state index contributed by atoms with van der Waals surface area (Å²) in [4.78, 5) is 31.1. The number of aliphatic hydroxyl groups is 1. The zero-order valence-electron chi connectivity index (χ0n) is 21.4. The molecule has 3 atom stereocenters. The van der Waals surface area contributed by atoms with Crippen LogP contribution in [-0.2, 0) is 25.1 Å². The molecule has 1 amide bonds. The molecule has 10 heteroatoms. The molecule has 2 aromatic carbocycles. The first-order valence-corrected chi connectivity index (χ1v) is 14.7. The smallest absolute Gasteiger partial charge is 0.266 e. The zero-order valence-corrected chi connectivity index (χ0v) is 22.2. The normalized spacial score (nSPS) is 17.1. The molecule has 2 heterocycles. The first-order chi connectivity index (χ1) is 18.3. The van der Waals surface area contributed by atoms with Crippen molar-refractivity contribution in [2.75, 3.05) is 13.2 Å². The van der Waals surface area contributed by atoms with Crippen LogP contribution < -0.4 is 5.32 Å². The van der Waals surface area contributed by atoms with Crippen molar-refractivity contribution in [1.82, 2.24) is 10.3 Å². The highest BCUT2D eigenvalue weighted by Crippen LogP contribution is 2.26. The molecular weight excluding hydrogens is 508 g/mol. The molecule has 0 aliphatic carbocycles. The van der Waals surface area contributed by atoms with E-state index in [0.29, 0.717) is 49.1 Å². The first kappa shape index (κ1) is 27.9. The van der Waals surface area contributed by atoms with Crippen molar-refractivity contribution in [3.05, 3.63) is 66.1 Å². The lowest BCUT2D eigenvalue weighted by molar-refractivity contribution is -0.122. The Morgan fingerprint density at radius 2 is 1.76 bits per heavy atom. The van der Waals surface area contributed by atoms with Gasteiger partial charge in [0, 0.05) is 13.2 Å². The second kappa shape index (κ2) is 12.6. The topological polar surface area (TPSA) is 136 Å². The van der Waals surface area contributed by atoms with Crippen LogP contribution in [0, 0.1) is 5.92 Å². The number of carbonyl (C=O) groups excluding carboxylic acids is 2. The summed E-state index contributed by atoms with van der Waals surface area (Å²) in [7, 11) is -4.03.